The van der Waals surface area contributed by atoms with Gasteiger partial charge in [-0.05, 0) is 20.8 Å². The fourth-order valence-electron chi connectivity index (χ4n) is 1.13. The Hall–Kier alpha value is -1.56. The number of ether oxygens (including phenoxy) is 2. The van der Waals surface area contributed by atoms with Gasteiger partial charge in [-0.2, -0.15) is 0 Å². The minimum absolute atomic E-state index is 0.194. The topological polar surface area (TPSA) is 90.7 Å². The van der Waals surface area contributed by atoms with E-state index in [0.717, 1.165) is 0 Å². The Labute approximate surface area is 94.8 Å². The SMILES string of the molecule is CCOC(=O)NC(=O)/C(=C(/C)N)C(C)OC. The van der Waals surface area contributed by atoms with Crippen LogP contribution in [-0.2, 0) is 14.3 Å². The zero-order chi connectivity index (χ0) is 12.7. The van der Waals surface area contributed by atoms with Crippen LogP contribution in [0.1, 0.15) is 20.8 Å². The molecule has 0 saturated carbocycles. The monoisotopic (exact) mass is 230 g/mol. The van der Waals surface area contributed by atoms with Gasteiger partial charge in [-0.25, -0.2) is 4.79 Å². The van der Waals surface area contributed by atoms with Crippen LogP contribution >= 0.6 is 0 Å². The van der Waals surface area contributed by atoms with Crippen molar-refractivity contribution in [1.82, 2.24) is 5.32 Å². The third-order valence-electron chi connectivity index (χ3n) is 1.92. The number of allylic oxidation sites excluding steroid dienone is 1. The average molecular weight is 230 g/mol. The summed E-state index contributed by atoms with van der Waals surface area (Å²) < 4.78 is 9.57. The van der Waals surface area contributed by atoms with E-state index in [1.807, 2.05) is 0 Å². The number of alkyl carbamates (subject to hydrolysis) is 1. The van der Waals surface area contributed by atoms with Crippen LogP contribution in [0.25, 0.3) is 0 Å². The summed E-state index contributed by atoms with van der Waals surface area (Å²) in [6.45, 7) is 5.07. The quantitative estimate of drug-likeness (QED) is 0.687. The Morgan fingerprint density at radius 2 is 2.00 bits per heavy atom. The predicted octanol–water partition coefficient (Wildman–Crippen LogP) is 0.527. The van der Waals surface area contributed by atoms with Crippen LogP contribution < -0.4 is 11.1 Å². The zero-order valence-electron chi connectivity index (χ0n) is 9.99. The van der Waals surface area contributed by atoms with Crippen molar-refractivity contribution >= 4 is 12.0 Å². The zero-order valence-corrected chi connectivity index (χ0v) is 9.99. The summed E-state index contributed by atoms with van der Waals surface area (Å²) in [4.78, 5) is 22.7. The van der Waals surface area contributed by atoms with E-state index in [2.05, 4.69) is 10.1 Å². The maximum absolute atomic E-state index is 11.6. The van der Waals surface area contributed by atoms with Crippen molar-refractivity contribution in [1.29, 1.82) is 0 Å². The summed E-state index contributed by atoms with van der Waals surface area (Å²) in [6.07, 6.45) is -1.28. The van der Waals surface area contributed by atoms with E-state index in [4.69, 9.17) is 10.5 Å². The van der Waals surface area contributed by atoms with Crippen molar-refractivity contribution in [3.63, 3.8) is 0 Å². The number of rotatable bonds is 4. The molecule has 1 atom stereocenters. The minimum Gasteiger partial charge on any atom is -0.450 e. The maximum atomic E-state index is 11.6. The summed E-state index contributed by atoms with van der Waals surface area (Å²) in [7, 11) is 1.45. The van der Waals surface area contributed by atoms with Gasteiger partial charge >= 0.3 is 6.09 Å². The lowest BCUT2D eigenvalue weighted by Gasteiger charge is -2.15. The highest BCUT2D eigenvalue weighted by Crippen LogP contribution is 2.08. The molecule has 3 N–H and O–H groups in total. The molecule has 0 heterocycles. The molecule has 6 heteroatoms. The molecule has 0 saturated heterocycles. The van der Waals surface area contributed by atoms with E-state index in [9.17, 15) is 9.59 Å². The molecule has 0 radical (unpaired) electrons. The van der Waals surface area contributed by atoms with E-state index < -0.39 is 18.1 Å². The van der Waals surface area contributed by atoms with Gasteiger partial charge in [0.2, 0.25) is 0 Å². The molecule has 0 aliphatic heterocycles. The molecule has 0 bridgehead atoms. The Kier molecular flexibility index (Phi) is 6.17. The van der Waals surface area contributed by atoms with Crippen molar-refractivity contribution in [3.05, 3.63) is 11.3 Å². The molecular formula is C10H18N2O4. The molecule has 0 aromatic heterocycles. The molecule has 0 aliphatic carbocycles. The van der Waals surface area contributed by atoms with Crippen LogP contribution in [0.5, 0.6) is 0 Å². The lowest BCUT2D eigenvalue weighted by molar-refractivity contribution is -0.118. The number of nitrogens with two attached hydrogens (primary N) is 1. The first-order chi connectivity index (χ1) is 7.43. The average Bonchev–Trinajstić information content (AvgIpc) is 2.17. The highest BCUT2D eigenvalue weighted by molar-refractivity contribution is 6.03. The molecular weight excluding hydrogens is 212 g/mol. The Balaban J connectivity index is 4.67. The van der Waals surface area contributed by atoms with Gasteiger partial charge in [0.15, 0.2) is 0 Å². The fourth-order valence-corrected chi connectivity index (χ4v) is 1.13. The number of amides is 2. The number of methoxy groups -OCH3 is 1. The van der Waals surface area contributed by atoms with Gasteiger partial charge in [-0.3, -0.25) is 10.1 Å². The van der Waals surface area contributed by atoms with Crippen molar-refractivity contribution in [3.8, 4) is 0 Å². The van der Waals surface area contributed by atoms with Crippen molar-refractivity contribution in [2.24, 2.45) is 5.73 Å². The highest BCUT2D eigenvalue weighted by atomic mass is 16.5. The first-order valence-corrected chi connectivity index (χ1v) is 4.91. The molecule has 0 fully saturated rings. The molecule has 0 aliphatic rings. The summed E-state index contributed by atoms with van der Waals surface area (Å²) in [5.74, 6) is -0.604. The fraction of sp³-hybridized carbons (Fsp3) is 0.600. The largest absolute Gasteiger partial charge is 0.450 e. The lowest BCUT2D eigenvalue weighted by atomic mass is 10.1. The molecule has 16 heavy (non-hydrogen) atoms. The van der Waals surface area contributed by atoms with E-state index >= 15 is 0 Å². The highest BCUT2D eigenvalue weighted by Gasteiger charge is 2.21. The van der Waals surface area contributed by atoms with Crippen molar-refractivity contribution < 1.29 is 19.1 Å². The van der Waals surface area contributed by atoms with Crippen LogP contribution in [0.3, 0.4) is 0 Å². The second-order valence-corrected chi connectivity index (χ2v) is 3.15. The number of carbonyl (C=O) groups excluding carboxylic acids is 2. The maximum Gasteiger partial charge on any atom is 0.414 e. The first-order valence-electron chi connectivity index (χ1n) is 4.91. The van der Waals surface area contributed by atoms with E-state index in [0.29, 0.717) is 5.70 Å². The number of imide groups is 1. The number of carbonyl (C=O) groups is 2. The first kappa shape index (κ1) is 14.4. The summed E-state index contributed by atoms with van der Waals surface area (Å²) >= 11 is 0. The normalized spacial score (nSPS) is 13.8. The smallest absolute Gasteiger partial charge is 0.414 e. The van der Waals surface area contributed by atoms with E-state index in [-0.39, 0.29) is 12.2 Å². The Morgan fingerprint density at radius 3 is 2.38 bits per heavy atom. The van der Waals surface area contributed by atoms with Gasteiger partial charge in [0.1, 0.15) is 0 Å². The molecule has 0 rings (SSSR count). The third kappa shape index (κ3) is 4.31. The number of nitrogens with one attached hydrogen (secondary N) is 1. The molecule has 0 aromatic carbocycles. The Bertz CT molecular complexity index is 295. The molecule has 0 aromatic rings. The second kappa shape index (κ2) is 6.84. The van der Waals surface area contributed by atoms with Gasteiger partial charge in [0, 0.05) is 12.8 Å². The van der Waals surface area contributed by atoms with Gasteiger partial charge in [0.05, 0.1) is 18.3 Å². The van der Waals surface area contributed by atoms with Gasteiger partial charge in [-0.15, -0.1) is 0 Å². The summed E-state index contributed by atoms with van der Waals surface area (Å²) in [6, 6.07) is 0. The van der Waals surface area contributed by atoms with Gasteiger partial charge in [0.25, 0.3) is 5.91 Å². The summed E-state index contributed by atoms with van der Waals surface area (Å²) in [5, 5.41) is 2.06. The predicted molar refractivity (Wildman–Crippen MR) is 58.5 cm³/mol. The van der Waals surface area contributed by atoms with Crippen LogP contribution in [0.15, 0.2) is 11.3 Å². The van der Waals surface area contributed by atoms with Crippen LogP contribution in [0.2, 0.25) is 0 Å². The molecule has 6 nitrogen and oxygen atoms in total. The standard InChI is InChI=1S/C10H18N2O4/c1-5-16-10(14)12-9(13)8(6(2)11)7(3)15-4/h7H,5,11H2,1-4H3,(H,12,13,14)/b8-6-. The molecule has 1 unspecified atom stereocenters. The van der Waals surface area contributed by atoms with E-state index in [1.54, 1.807) is 20.8 Å². The lowest BCUT2D eigenvalue weighted by Crippen LogP contribution is -2.36. The number of hydrogen-bond acceptors (Lipinski definition) is 5. The minimum atomic E-state index is -0.797. The molecule has 2 amide bonds. The number of hydrogen-bond donors (Lipinski definition) is 2. The molecule has 92 valence electrons. The molecule has 0 spiro atoms. The van der Waals surface area contributed by atoms with Crippen LogP contribution in [0, 0.1) is 0 Å². The van der Waals surface area contributed by atoms with Crippen LogP contribution in [-0.4, -0.2) is 31.8 Å². The van der Waals surface area contributed by atoms with Gasteiger partial charge < -0.3 is 15.2 Å². The van der Waals surface area contributed by atoms with E-state index in [1.165, 1.54) is 7.11 Å². The van der Waals surface area contributed by atoms with Crippen molar-refractivity contribution in [2.45, 2.75) is 26.9 Å². The van der Waals surface area contributed by atoms with Gasteiger partial charge in [-0.1, -0.05) is 0 Å². The van der Waals surface area contributed by atoms with Crippen molar-refractivity contribution in [2.75, 3.05) is 13.7 Å². The third-order valence-corrected chi connectivity index (χ3v) is 1.92. The van der Waals surface area contributed by atoms with Crippen LogP contribution in [0.4, 0.5) is 4.79 Å². The second-order valence-electron chi connectivity index (χ2n) is 3.15. The Morgan fingerprint density at radius 1 is 1.44 bits per heavy atom. The summed E-state index contributed by atoms with van der Waals surface area (Å²) in [5.41, 5.74) is 6.07.